The van der Waals surface area contributed by atoms with Crippen LogP contribution in [0.3, 0.4) is 0 Å². The smallest absolute Gasteiger partial charge is 0.353 e. The summed E-state index contributed by atoms with van der Waals surface area (Å²) in [5, 5.41) is 11.1. The quantitative estimate of drug-likeness (QED) is 0.606. The predicted molar refractivity (Wildman–Crippen MR) is 65.3 cm³/mol. The number of ether oxygens (including phenoxy) is 1. The minimum Gasteiger partial charge on any atom is -0.378 e. The molecular weight excluding hydrogens is 238 g/mol. The van der Waals surface area contributed by atoms with Crippen molar-refractivity contribution < 1.29 is 9.66 Å². The SMILES string of the molecule is CC1CN(c2ncnc(N)c2[N+](=O)[O-])C(C)CO1. The van der Waals surface area contributed by atoms with Crippen LogP contribution < -0.4 is 10.6 Å². The summed E-state index contributed by atoms with van der Waals surface area (Å²) < 4.78 is 5.49. The largest absolute Gasteiger partial charge is 0.378 e. The van der Waals surface area contributed by atoms with Crippen LogP contribution in [0.25, 0.3) is 0 Å². The Morgan fingerprint density at radius 3 is 2.94 bits per heavy atom. The molecule has 98 valence electrons. The summed E-state index contributed by atoms with van der Waals surface area (Å²) in [7, 11) is 0. The van der Waals surface area contributed by atoms with E-state index in [9.17, 15) is 10.1 Å². The van der Waals surface area contributed by atoms with Gasteiger partial charge in [0, 0.05) is 6.54 Å². The summed E-state index contributed by atoms with van der Waals surface area (Å²) in [6, 6.07) is 0.00852. The molecule has 0 spiro atoms. The van der Waals surface area contributed by atoms with Crippen LogP contribution in [0.5, 0.6) is 0 Å². The molecule has 2 unspecified atom stereocenters. The van der Waals surface area contributed by atoms with E-state index in [1.807, 2.05) is 18.7 Å². The normalized spacial score (nSPS) is 24.0. The van der Waals surface area contributed by atoms with E-state index in [4.69, 9.17) is 10.5 Å². The Balaban J connectivity index is 2.43. The zero-order chi connectivity index (χ0) is 13.3. The summed E-state index contributed by atoms with van der Waals surface area (Å²) in [6.45, 7) is 4.88. The fraction of sp³-hybridized carbons (Fsp3) is 0.600. The standard InChI is InChI=1S/C10H15N5O3/c1-6-4-18-7(2)3-14(6)10-8(15(16)17)9(11)12-5-13-10/h5-7H,3-4H2,1-2H3,(H2,11,12,13). The average Bonchev–Trinajstić information content (AvgIpc) is 2.31. The fourth-order valence-corrected chi connectivity index (χ4v) is 1.97. The lowest BCUT2D eigenvalue weighted by atomic mass is 10.2. The van der Waals surface area contributed by atoms with Crippen molar-refractivity contribution in [1.29, 1.82) is 0 Å². The van der Waals surface area contributed by atoms with Crippen molar-refractivity contribution in [3.05, 3.63) is 16.4 Å². The maximum Gasteiger partial charge on any atom is 0.353 e. The summed E-state index contributed by atoms with van der Waals surface area (Å²) in [6.07, 6.45) is 1.24. The van der Waals surface area contributed by atoms with Gasteiger partial charge in [0.25, 0.3) is 0 Å². The molecule has 1 aliphatic rings. The molecule has 0 amide bonds. The van der Waals surface area contributed by atoms with Crippen LogP contribution in [0, 0.1) is 10.1 Å². The second-order valence-electron chi connectivity index (χ2n) is 4.33. The van der Waals surface area contributed by atoms with Gasteiger partial charge in [-0.05, 0) is 13.8 Å². The van der Waals surface area contributed by atoms with Gasteiger partial charge < -0.3 is 15.4 Å². The topological polar surface area (TPSA) is 107 Å². The van der Waals surface area contributed by atoms with Gasteiger partial charge in [-0.3, -0.25) is 10.1 Å². The molecule has 1 aliphatic heterocycles. The summed E-state index contributed by atoms with van der Waals surface area (Å²) >= 11 is 0. The number of rotatable bonds is 2. The van der Waals surface area contributed by atoms with E-state index in [0.29, 0.717) is 13.2 Å². The molecule has 0 aromatic carbocycles. The molecule has 0 bridgehead atoms. The molecule has 0 radical (unpaired) electrons. The third-order valence-electron chi connectivity index (χ3n) is 2.89. The van der Waals surface area contributed by atoms with E-state index in [1.54, 1.807) is 0 Å². The molecule has 18 heavy (non-hydrogen) atoms. The van der Waals surface area contributed by atoms with Crippen LogP contribution >= 0.6 is 0 Å². The molecule has 1 aromatic heterocycles. The van der Waals surface area contributed by atoms with Crippen molar-refractivity contribution in [2.24, 2.45) is 0 Å². The van der Waals surface area contributed by atoms with Crippen LogP contribution in [-0.2, 0) is 4.74 Å². The summed E-state index contributed by atoms with van der Waals surface area (Å²) in [4.78, 5) is 20.0. The summed E-state index contributed by atoms with van der Waals surface area (Å²) in [5.41, 5.74) is 5.32. The Kier molecular flexibility index (Phi) is 3.28. The molecule has 1 aromatic rings. The number of hydrogen-bond acceptors (Lipinski definition) is 7. The molecule has 2 rings (SSSR count). The van der Waals surface area contributed by atoms with Gasteiger partial charge in [0.1, 0.15) is 6.33 Å². The highest BCUT2D eigenvalue weighted by Gasteiger charge is 2.32. The Bertz CT molecular complexity index is 467. The van der Waals surface area contributed by atoms with Crippen LogP contribution in [0.4, 0.5) is 17.3 Å². The lowest BCUT2D eigenvalue weighted by Gasteiger charge is -2.37. The number of anilines is 2. The first kappa shape index (κ1) is 12.5. The first-order valence-electron chi connectivity index (χ1n) is 5.63. The van der Waals surface area contributed by atoms with Crippen molar-refractivity contribution in [3.63, 3.8) is 0 Å². The third kappa shape index (κ3) is 2.19. The summed E-state index contributed by atoms with van der Waals surface area (Å²) in [5.74, 6) is 0.145. The zero-order valence-corrected chi connectivity index (χ0v) is 10.2. The van der Waals surface area contributed by atoms with Gasteiger partial charge >= 0.3 is 5.69 Å². The van der Waals surface area contributed by atoms with E-state index >= 15 is 0 Å². The number of nitrogens with two attached hydrogens (primary N) is 1. The monoisotopic (exact) mass is 253 g/mol. The number of nitrogens with zero attached hydrogens (tertiary/aromatic N) is 4. The molecule has 8 nitrogen and oxygen atoms in total. The lowest BCUT2D eigenvalue weighted by Crippen LogP contribution is -2.48. The fourth-order valence-electron chi connectivity index (χ4n) is 1.97. The first-order chi connectivity index (χ1) is 8.50. The molecule has 0 aliphatic carbocycles. The average molecular weight is 253 g/mol. The number of morpholine rings is 1. The predicted octanol–water partition coefficient (Wildman–Crippen LogP) is 0.581. The first-order valence-corrected chi connectivity index (χ1v) is 5.63. The number of nitro groups is 1. The van der Waals surface area contributed by atoms with E-state index in [1.165, 1.54) is 6.33 Å². The Morgan fingerprint density at radius 2 is 2.28 bits per heavy atom. The number of hydrogen-bond donors (Lipinski definition) is 1. The second-order valence-corrected chi connectivity index (χ2v) is 4.33. The van der Waals surface area contributed by atoms with Gasteiger partial charge in [0.2, 0.25) is 11.6 Å². The Labute approximate surface area is 104 Å². The van der Waals surface area contributed by atoms with Crippen molar-refractivity contribution in [3.8, 4) is 0 Å². The third-order valence-corrected chi connectivity index (χ3v) is 2.89. The minimum atomic E-state index is -0.544. The minimum absolute atomic E-state index is 0.00278. The van der Waals surface area contributed by atoms with Crippen LogP contribution in [0.1, 0.15) is 13.8 Å². The highest BCUT2D eigenvalue weighted by Crippen LogP contribution is 2.32. The van der Waals surface area contributed by atoms with Crippen molar-refractivity contribution >= 4 is 17.3 Å². The van der Waals surface area contributed by atoms with Crippen LogP contribution in [-0.4, -0.2) is 40.2 Å². The Morgan fingerprint density at radius 1 is 1.56 bits per heavy atom. The van der Waals surface area contributed by atoms with E-state index in [2.05, 4.69) is 9.97 Å². The van der Waals surface area contributed by atoms with E-state index < -0.39 is 4.92 Å². The molecule has 2 N–H and O–H groups in total. The van der Waals surface area contributed by atoms with E-state index in [0.717, 1.165) is 0 Å². The van der Waals surface area contributed by atoms with Crippen LogP contribution in [0.15, 0.2) is 6.33 Å². The van der Waals surface area contributed by atoms with Gasteiger partial charge in [-0.15, -0.1) is 0 Å². The van der Waals surface area contributed by atoms with Crippen molar-refractivity contribution in [2.45, 2.75) is 26.0 Å². The maximum absolute atomic E-state index is 11.1. The second kappa shape index (κ2) is 4.73. The molecule has 1 saturated heterocycles. The highest BCUT2D eigenvalue weighted by molar-refractivity contribution is 5.68. The van der Waals surface area contributed by atoms with Gasteiger partial charge in [-0.1, -0.05) is 0 Å². The highest BCUT2D eigenvalue weighted by atomic mass is 16.6. The lowest BCUT2D eigenvalue weighted by molar-refractivity contribution is -0.383. The van der Waals surface area contributed by atoms with Crippen molar-refractivity contribution in [1.82, 2.24) is 9.97 Å². The molecule has 8 heteroatoms. The van der Waals surface area contributed by atoms with Gasteiger partial charge in [0.05, 0.1) is 23.7 Å². The van der Waals surface area contributed by atoms with Gasteiger partial charge in [-0.2, -0.15) is 0 Å². The van der Waals surface area contributed by atoms with Gasteiger partial charge in [-0.25, -0.2) is 9.97 Å². The number of aromatic nitrogens is 2. The maximum atomic E-state index is 11.1. The van der Waals surface area contributed by atoms with E-state index in [-0.39, 0.29) is 29.5 Å². The van der Waals surface area contributed by atoms with Crippen molar-refractivity contribution in [2.75, 3.05) is 23.8 Å². The zero-order valence-electron chi connectivity index (χ0n) is 10.2. The molecule has 2 heterocycles. The van der Waals surface area contributed by atoms with Gasteiger partial charge in [0.15, 0.2) is 0 Å². The molecule has 2 atom stereocenters. The van der Waals surface area contributed by atoms with Crippen LogP contribution in [0.2, 0.25) is 0 Å². The molecule has 0 saturated carbocycles. The number of nitrogen functional groups attached to an aromatic ring is 1. The Hall–Kier alpha value is -1.96. The molecule has 1 fully saturated rings. The molecular formula is C10H15N5O3.